The fourth-order valence-corrected chi connectivity index (χ4v) is 2.52. The van der Waals surface area contributed by atoms with Crippen LogP contribution in [0.5, 0.6) is 0 Å². The number of carbonyl (C=O) groups is 1. The first-order chi connectivity index (χ1) is 10.5. The van der Waals surface area contributed by atoms with Gasteiger partial charge < -0.3 is 10.1 Å². The van der Waals surface area contributed by atoms with Crippen LogP contribution in [0, 0.1) is 0 Å². The van der Waals surface area contributed by atoms with Crippen molar-refractivity contribution in [3.05, 3.63) is 46.2 Å². The summed E-state index contributed by atoms with van der Waals surface area (Å²) in [7, 11) is 0. The van der Waals surface area contributed by atoms with Gasteiger partial charge in [0.25, 0.3) is 5.91 Å². The van der Waals surface area contributed by atoms with Crippen molar-refractivity contribution in [1.29, 1.82) is 0 Å². The molecule has 0 bridgehead atoms. The molecule has 0 fully saturated rings. The molecule has 7 heteroatoms. The molecule has 0 spiro atoms. The molecule has 0 radical (unpaired) electrons. The third kappa shape index (κ3) is 2.98. The maximum absolute atomic E-state index is 12.1. The summed E-state index contributed by atoms with van der Waals surface area (Å²) in [6, 6.07) is 7.58. The van der Waals surface area contributed by atoms with Gasteiger partial charge in [0.15, 0.2) is 5.69 Å². The number of benzene rings is 1. The lowest BCUT2D eigenvalue weighted by Gasteiger charge is -2.24. The first kappa shape index (κ1) is 15.0. The van der Waals surface area contributed by atoms with Gasteiger partial charge in [-0.2, -0.15) is 0 Å². The Morgan fingerprint density at radius 2 is 2.14 bits per heavy atom. The summed E-state index contributed by atoms with van der Waals surface area (Å²) in [6.07, 6.45) is -0.118. The minimum Gasteiger partial charge on any atom is -0.365 e. The second-order valence-electron chi connectivity index (χ2n) is 5.55. The molecule has 1 aliphatic rings. The maximum Gasteiger partial charge on any atom is 0.274 e. The molecule has 0 saturated carbocycles. The summed E-state index contributed by atoms with van der Waals surface area (Å²) in [6.45, 7) is 4.64. The summed E-state index contributed by atoms with van der Waals surface area (Å²) in [5.74, 6) is -0.218. The molecular weight excluding hydrogens is 304 g/mol. The number of ether oxygens (including phenoxy) is 1. The standard InChI is InChI=1S/C15H17ClN4O2/c1-9(2)17-15(21)14-12-8-22-13(7-20(12)19-18-14)10-3-5-11(16)6-4-10/h3-6,9,13H,7-8H2,1-2H3,(H,17,21)/t13-/m1/s1. The first-order valence-corrected chi connectivity index (χ1v) is 7.52. The summed E-state index contributed by atoms with van der Waals surface area (Å²) in [4.78, 5) is 12.1. The Morgan fingerprint density at radius 1 is 1.41 bits per heavy atom. The second-order valence-corrected chi connectivity index (χ2v) is 5.98. The fourth-order valence-electron chi connectivity index (χ4n) is 2.40. The van der Waals surface area contributed by atoms with E-state index in [1.165, 1.54) is 0 Å². The van der Waals surface area contributed by atoms with E-state index in [0.29, 0.717) is 29.6 Å². The maximum atomic E-state index is 12.1. The summed E-state index contributed by atoms with van der Waals surface area (Å²) in [5, 5.41) is 11.6. The van der Waals surface area contributed by atoms with E-state index < -0.39 is 0 Å². The van der Waals surface area contributed by atoms with Crippen LogP contribution in [0.4, 0.5) is 0 Å². The van der Waals surface area contributed by atoms with Crippen LogP contribution in [-0.4, -0.2) is 26.9 Å². The van der Waals surface area contributed by atoms with Crippen LogP contribution in [0.2, 0.25) is 5.02 Å². The van der Waals surface area contributed by atoms with E-state index in [4.69, 9.17) is 16.3 Å². The van der Waals surface area contributed by atoms with Crippen molar-refractivity contribution in [2.45, 2.75) is 39.1 Å². The van der Waals surface area contributed by atoms with Crippen LogP contribution < -0.4 is 5.32 Å². The van der Waals surface area contributed by atoms with E-state index in [1.54, 1.807) is 4.68 Å². The zero-order chi connectivity index (χ0) is 15.7. The Balaban J connectivity index is 1.79. The van der Waals surface area contributed by atoms with E-state index in [-0.39, 0.29) is 18.1 Å². The molecular formula is C15H17ClN4O2. The van der Waals surface area contributed by atoms with Crippen LogP contribution in [0.3, 0.4) is 0 Å². The fraction of sp³-hybridized carbons (Fsp3) is 0.400. The number of rotatable bonds is 3. The molecule has 0 saturated heterocycles. The minimum absolute atomic E-state index is 0.0520. The second kappa shape index (κ2) is 6.06. The number of nitrogens with one attached hydrogen (secondary N) is 1. The number of halogens is 1. The van der Waals surface area contributed by atoms with Gasteiger partial charge in [0, 0.05) is 11.1 Å². The topological polar surface area (TPSA) is 69.0 Å². The highest BCUT2D eigenvalue weighted by molar-refractivity contribution is 6.30. The monoisotopic (exact) mass is 320 g/mol. The van der Waals surface area contributed by atoms with E-state index in [0.717, 1.165) is 5.56 Å². The van der Waals surface area contributed by atoms with Crippen molar-refractivity contribution in [2.24, 2.45) is 0 Å². The normalized spacial score (nSPS) is 17.4. The Hall–Kier alpha value is -1.92. The van der Waals surface area contributed by atoms with E-state index >= 15 is 0 Å². The molecule has 1 N–H and O–H groups in total. The average molecular weight is 321 g/mol. The van der Waals surface area contributed by atoms with Crippen LogP contribution in [0.1, 0.15) is 41.7 Å². The van der Waals surface area contributed by atoms with Crippen molar-refractivity contribution in [3.8, 4) is 0 Å². The number of carbonyl (C=O) groups excluding carboxylic acids is 1. The van der Waals surface area contributed by atoms with E-state index in [1.807, 2.05) is 38.1 Å². The first-order valence-electron chi connectivity index (χ1n) is 7.15. The smallest absolute Gasteiger partial charge is 0.274 e. The molecule has 116 valence electrons. The SMILES string of the molecule is CC(C)NC(=O)c1nnn2c1CO[C@@H](c1ccc(Cl)cc1)C2. The highest BCUT2D eigenvalue weighted by Gasteiger charge is 2.27. The van der Waals surface area contributed by atoms with E-state index in [2.05, 4.69) is 15.6 Å². The third-order valence-electron chi connectivity index (χ3n) is 3.47. The van der Waals surface area contributed by atoms with Crippen molar-refractivity contribution < 1.29 is 9.53 Å². The largest absolute Gasteiger partial charge is 0.365 e. The Kier molecular flexibility index (Phi) is 4.13. The molecule has 1 atom stereocenters. The van der Waals surface area contributed by atoms with Gasteiger partial charge in [-0.15, -0.1) is 5.10 Å². The highest BCUT2D eigenvalue weighted by atomic mass is 35.5. The molecule has 6 nitrogen and oxygen atoms in total. The molecule has 2 heterocycles. The summed E-state index contributed by atoms with van der Waals surface area (Å²) >= 11 is 5.90. The van der Waals surface area contributed by atoms with Gasteiger partial charge in [0.1, 0.15) is 6.10 Å². The van der Waals surface area contributed by atoms with Gasteiger partial charge in [-0.05, 0) is 31.5 Å². The molecule has 1 aromatic carbocycles. The van der Waals surface area contributed by atoms with Gasteiger partial charge in [0.05, 0.1) is 18.8 Å². The third-order valence-corrected chi connectivity index (χ3v) is 3.73. The minimum atomic E-state index is -0.218. The van der Waals surface area contributed by atoms with Crippen LogP contribution in [0.15, 0.2) is 24.3 Å². The molecule has 1 aromatic heterocycles. The summed E-state index contributed by atoms with van der Waals surface area (Å²) in [5.41, 5.74) is 2.07. The van der Waals surface area contributed by atoms with Gasteiger partial charge in [0.2, 0.25) is 0 Å². The average Bonchev–Trinajstić information content (AvgIpc) is 2.90. The van der Waals surface area contributed by atoms with Gasteiger partial charge in [-0.3, -0.25) is 4.79 Å². The number of hydrogen-bond donors (Lipinski definition) is 1. The molecule has 2 aromatic rings. The lowest BCUT2D eigenvalue weighted by Crippen LogP contribution is -2.32. The Bertz CT molecular complexity index is 681. The van der Waals surface area contributed by atoms with Crippen LogP contribution >= 0.6 is 11.6 Å². The molecule has 0 aliphatic carbocycles. The summed E-state index contributed by atoms with van der Waals surface area (Å²) < 4.78 is 7.59. The molecule has 22 heavy (non-hydrogen) atoms. The van der Waals surface area contributed by atoms with Crippen molar-refractivity contribution in [3.63, 3.8) is 0 Å². The number of fused-ring (bicyclic) bond motifs is 1. The lowest BCUT2D eigenvalue weighted by atomic mass is 10.1. The number of hydrogen-bond acceptors (Lipinski definition) is 4. The number of amides is 1. The van der Waals surface area contributed by atoms with Gasteiger partial charge >= 0.3 is 0 Å². The Labute approximate surface area is 133 Å². The zero-order valence-corrected chi connectivity index (χ0v) is 13.2. The number of nitrogens with zero attached hydrogens (tertiary/aromatic N) is 3. The molecule has 1 aliphatic heterocycles. The molecule has 0 unspecified atom stereocenters. The van der Waals surface area contributed by atoms with Crippen molar-refractivity contribution >= 4 is 17.5 Å². The van der Waals surface area contributed by atoms with Crippen molar-refractivity contribution in [1.82, 2.24) is 20.3 Å². The predicted molar refractivity (Wildman–Crippen MR) is 81.6 cm³/mol. The molecule has 1 amide bonds. The van der Waals surface area contributed by atoms with E-state index in [9.17, 15) is 4.79 Å². The quantitative estimate of drug-likeness (QED) is 0.942. The molecule has 3 rings (SSSR count). The van der Waals surface area contributed by atoms with Crippen LogP contribution in [0.25, 0.3) is 0 Å². The lowest BCUT2D eigenvalue weighted by molar-refractivity contribution is -0.00177. The highest BCUT2D eigenvalue weighted by Crippen LogP contribution is 2.27. The van der Waals surface area contributed by atoms with Gasteiger partial charge in [-0.1, -0.05) is 28.9 Å². The Morgan fingerprint density at radius 3 is 2.82 bits per heavy atom. The van der Waals surface area contributed by atoms with Crippen molar-refractivity contribution in [2.75, 3.05) is 0 Å². The number of aromatic nitrogens is 3. The van der Waals surface area contributed by atoms with Crippen LogP contribution in [-0.2, 0) is 17.9 Å². The zero-order valence-electron chi connectivity index (χ0n) is 12.4. The van der Waals surface area contributed by atoms with Gasteiger partial charge in [-0.25, -0.2) is 4.68 Å². The predicted octanol–water partition coefficient (Wildman–Crippen LogP) is 2.34.